The van der Waals surface area contributed by atoms with Gasteiger partial charge in [-0.2, -0.15) is 0 Å². The minimum absolute atomic E-state index is 0. The Morgan fingerprint density at radius 3 is 0.827 bits per heavy atom. The maximum atomic E-state index is 6.60. The molecule has 0 radical (unpaired) electrons. The quantitative estimate of drug-likeness (QED) is 0.100. The molecule has 3 aliphatic carbocycles. The maximum absolute atomic E-state index is 6.60. The van der Waals surface area contributed by atoms with Crippen molar-refractivity contribution in [2.75, 3.05) is 0 Å². The molecule has 52 heavy (non-hydrogen) atoms. The van der Waals surface area contributed by atoms with Crippen LogP contribution >= 0.6 is 15.8 Å². The van der Waals surface area contributed by atoms with Crippen molar-refractivity contribution in [1.29, 1.82) is 0 Å². The van der Waals surface area contributed by atoms with Gasteiger partial charge in [-0.25, -0.2) is 0 Å². The fourth-order valence-electron chi connectivity index (χ4n) is 7.21. The van der Waals surface area contributed by atoms with E-state index in [0.29, 0.717) is 7.92 Å². The number of rotatable bonds is 6. The zero-order valence-electron chi connectivity index (χ0n) is 33.0. The zero-order valence-corrected chi connectivity index (χ0v) is 36.7. The van der Waals surface area contributed by atoms with Crippen molar-refractivity contribution in [3.63, 3.8) is 0 Å². The molecule has 0 amide bonds. The monoisotopic (exact) mass is 830 g/mol. The molecule has 0 bridgehead atoms. The van der Waals surface area contributed by atoms with Crippen molar-refractivity contribution < 1.29 is 34.1 Å². The summed E-state index contributed by atoms with van der Waals surface area (Å²) in [4.78, 5) is 0. The number of hydrogen-bond donors (Lipinski definition) is 0. The molecule has 0 N–H and O–H groups in total. The summed E-state index contributed by atoms with van der Waals surface area (Å²) in [5.74, 6) is 4.71. The molecule has 0 spiro atoms. The van der Waals surface area contributed by atoms with Gasteiger partial charge in [-0.1, -0.05) is 198 Å². The normalized spacial score (nSPS) is 16.8. The molecule has 3 fully saturated rings. The summed E-state index contributed by atoms with van der Waals surface area (Å²) in [6, 6.07) is 32.3. The van der Waals surface area contributed by atoms with Crippen LogP contribution in [0.2, 0.25) is 0 Å². The van der Waals surface area contributed by atoms with Gasteiger partial charge in [0.25, 0.3) is 0 Å². The molecule has 6 rings (SSSR count). The van der Waals surface area contributed by atoms with Crippen molar-refractivity contribution in [3.8, 4) is 11.8 Å². The van der Waals surface area contributed by atoms with Gasteiger partial charge in [0.15, 0.2) is 0 Å². The third-order valence-electron chi connectivity index (χ3n) is 9.78. The van der Waals surface area contributed by atoms with Crippen LogP contribution < -0.4 is 15.9 Å². The molecule has 4 heteroatoms. The SMILES string of the molecule is C1CCC(P(C2CCCCC2)C2CCCCC2)CC1.[C-]#CC(C)(C)C.[C-]#CC(C)(C)C.[Cu+].[Cu+].c1ccc(P(c2ccccc2)c2ccccc2)cc1. The van der Waals surface area contributed by atoms with Gasteiger partial charge in [0.2, 0.25) is 0 Å². The second kappa shape index (κ2) is 26.5. The Morgan fingerprint density at radius 1 is 0.423 bits per heavy atom. The second-order valence-corrected chi connectivity index (χ2v) is 21.7. The van der Waals surface area contributed by atoms with Crippen molar-refractivity contribution >= 4 is 31.8 Å². The van der Waals surface area contributed by atoms with Crippen molar-refractivity contribution in [3.05, 3.63) is 104 Å². The van der Waals surface area contributed by atoms with Crippen LogP contribution in [0.5, 0.6) is 0 Å². The molecule has 3 aliphatic rings. The van der Waals surface area contributed by atoms with Gasteiger partial charge in [0.05, 0.1) is 0 Å². The Hall–Kier alpha value is -1.32. The Morgan fingerprint density at radius 2 is 0.635 bits per heavy atom. The Balaban J connectivity index is 0.000000387. The molecule has 290 valence electrons. The molecule has 0 aromatic heterocycles. The smallest absolute Gasteiger partial charge is 0.693 e. The molecule has 0 atom stereocenters. The topological polar surface area (TPSA) is 0 Å². The first-order valence-corrected chi connectivity index (χ1v) is 22.5. The summed E-state index contributed by atoms with van der Waals surface area (Å²) >= 11 is 0. The van der Waals surface area contributed by atoms with E-state index in [4.69, 9.17) is 12.8 Å². The van der Waals surface area contributed by atoms with Gasteiger partial charge < -0.3 is 24.7 Å². The predicted octanol–water partition coefficient (Wildman–Crippen LogP) is 13.2. The number of benzene rings is 3. The third kappa shape index (κ3) is 18.8. The van der Waals surface area contributed by atoms with Crippen LogP contribution in [0.15, 0.2) is 91.0 Å². The first-order valence-electron chi connectivity index (χ1n) is 19.6. The van der Waals surface area contributed by atoms with E-state index >= 15 is 0 Å². The maximum Gasteiger partial charge on any atom is 1.00 e. The van der Waals surface area contributed by atoms with Crippen molar-refractivity contribution in [2.24, 2.45) is 10.8 Å². The van der Waals surface area contributed by atoms with E-state index in [-0.39, 0.29) is 45.0 Å². The standard InChI is InChI=1S/C18H33P.C18H15P.2C6H9.2Cu/c2*1-4-10-16(11-5-1)19(17-12-6-2-7-13-17)18-14-8-3-9-15-18;2*1-5-6(2,3)4;;/h16-18H,1-15H2;1-15H;2*2-4H3;;/q;;2*-1;2*+1. The van der Waals surface area contributed by atoms with E-state index in [1.165, 1.54) is 52.2 Å². The van der Waals surface area contributed by atoms with Gasteiger partial charge in [-0.3, -0.25) is 0 Å². The summed E-state index contributed by atoms with van der Waals surface area (Å²) in [7, 11) is -0.0611. The van der Waals surface area contributed by atoms with E-state index in [1.54, 1.807) is 77.0 Å². The van der Waals surface area contributed by atoms with E-state index in [0.717, 1.165) is 0 Å². The molecule has 0 heterocycles. The summed E-state index contributed by atoms with van der Waals surface area (Å²) < 4.78 is 0. The predicted molar refractivity (Wildman–Crippen MR) is 226 cm³/mol. The molecule has 0 saturated heterocycles. The average Bonchev–Trinajstić information content (AvgIpc) is 3.15. The molecule has 0 nitrogen and oxygen atoms in total. The zero-order chi connectivity index (χ0) is 36.2. The van der Waals surface area contributed by atoms with Crippen LogP contribution in [-0.2, 0) is 34.1 Å². The Kier molecular flexibility index (Phi) is 24.8. The van der Waals surface area contributed by atoms with E-state index in [1.807, 2.05) is 41.5 Å². The summed E-state index contributed by atoms with van der Waals surface area (Å²) in [5.41, 5.74) is 3.49. The van der Waals surface area contributed by atoms with E-state index in [2.05, 4.69) is 103 Å². The van der Waals surface area contributed by atoms with Crippen molar-refractivity contribution in [1.82, 2.24) is 0 Å². The fraction of sp³-hybridized carbons (Fsp3) is 0.542. The molecule has 3 aromatic carbocycles. The molecular weight excluding hydrogens is 766 g/mol. The van der Waals surface area contributed by atoms with Gasteiger partial charge in [0, 0.05) is 0 Å². The van der Waals surface area contributed by atoms with Crippen LogP contribution in [0.25, 0.3) is 0 Å². The fourth-order valence-corrected chi connectivity index (χ4v) is 14.2. The van der Waals surface area contributed by atoms with E-state index < -0.39 is 7.92 Å². The van der Waals surface area contributed by atoms with Gasteiger partial charge >= 0.3 is 34.1 Å². The molecule has 0 unspecified atom stereocenters. The van der Waals surface area contributed by atoms with Crippen LogP contribution in [0.3, 0.4) is 0 Å². The van der Waals surface area contributed by atoms with Crippen molar-refractivity contribution in [2.45, 2.75) is 155 Å². The second-order valence-electron chi connectivity index (χ2n) is 16.4. The first-order chi connectivity index (χ1) is 24.0. The first kappa shape index (κ1) is 48.7. The summed E-state index contributed by atoms with van der Waals surface area (Å²) in [6.45, 7) is 11.7. The van der Waals surface area contributed by atoms with E-state index in [9.17, 15) is 0 Å². The van der Waals surface area contributed by atoms with Gasteiger partial charge in [-0.05, 0) is 90.2 Å². The van der Waals surface area contributed by atoms with Crippen LogP contribution in [0, 0.1) is 35.5 Å². The molecule has 3 aromatic rings. The largest absolute Gasteiger partial charge is 1.00 e. The average molecular weight is 832 g/mol. The van der Waals surface area contributed by atoms with Crippen LogP contribution in [0.4, 0.5) is 0 Å². The minimum atomic E-state index is -0.446. The van der Waals surface area contributed by atoms with Gasteiger partial charge in [0.1, 0.15) is 0 Å². The molecular formula is C48H66Cu2P2. The van der Waals surface area contributed by atoms with Crippen LogP contribution in [0.1, 0.15) is 138 Å². The third-order valence-corrected chi connectivity index (χ3v) is 16.3. The van der Waals surface area contributed by atoms with Gasteiger partial charge in [-0.15, -0.1) is 0 Å². The summed E-state index contributed by atoms with van der Waals surface area (Å²) in [6.07, 6.45) is 36.8. The minimum Gasteiger partial charge on any atom is -0.693 e. The number of hydrogen-bond acceptors (Lipinski definition) is 0. The Bertz CT molecular complexity index is 1220. The molecule has 0 aliphatic heterocycles. The Labute approximate surface area is 345 Å². The molecule has 3 saturated carbocycles. The summed E-state index contributed by atoms with van der Waals surface area (Å²) in [5, 5.41) is 4.19. The van der Waals surface area contributed by atoms with Crippen LogP contribution in [-0.4, -0.2) is 17.0 Å².